The van der Waals surface area contributed by atoms with Crippen LogP contribution in [0, 0.1) is 6.92 Å². The zero-order chi connectivity index (χ0) is 28.4. The summed E-state index contributed by atoms with van der Waals surface area (Å²) in [6.07, 6.45) is 7.20. The Bertz CT molecular complexity index is 1640. The minimum absolute atomic E-state index is 0.0200. The van der Waals surface area contributed by atoms with Crippen LogP contribution in [0.5, 0.6) is 0 Å². The van der Waals surface area contributed by atoms with Gasteiger partial charge in [0.25, 0.3) is 5.91 Å². The number of aromatic carboxylic acids is 1. The van der Waals surface area contributed by atoms with Gasteiger partial charge in [0, 0.05) is 22.1 Å². The highest BCUT2D eigenvalue weighted by molar-refractivity contribution is 6.31. The number of nitrogens with zero attached hydrogens (tertiary/aromatic N) is 1. The Kier molecular flexibility index (Phi) is 8.10. The number of imidazole rings is 1. The highest BCUT2D eigenvalue weighted by Gasteiger charge is 2.32. The average Bonchev–Trinajstić information content (AvgIpc) is 3.37. The Hall–Kier alpha value is -3.87. The van der Waals surface area contributed by atoms with Crippen molar-refractivity contribution >= 4 is 51.7 Å². The Morgan fingerprint density at radius 1 is 1.12 bits per heavy atom. The van der Waals surface area contributed by atoms with Crippen LogP contribution in [0.4, 0.5) is 0 Å². The molecule has 0 spiro atoms. The molecule has 1 aliphatic rings. The van der Waals surface area contributed by atoms with Gasteiger partial charge in [-0.05, 0) is 54.3 Å². The summed E-state index contributed by atoms with van der Waals surface area (Å²) in [5.41, 5.74) is 5.04. The molecule has 8 heteroatoms. The maximum atomic E-state index is 13.3. The second-order valence-electron chi connectivity index (χ2n) is 9.97. The van der Waals surface area contributed by atoms with Gasteiger partial charge >= 0.3 is 5.97 Å². The van der Waals surface area contributed by atoms with Crippen molar-refractivity contribution in [2.75, 3.05) is 0 Å². The molecule has 0 saturated heterocycles. The van der Waals surface area contributed by atoms with Crippen LogP contribution in [0.15, 0.2) is 78.9 Å². The summed E-state index contributed by atoms with van der Waals surface area (Å²) in [4.78, 5) is 33.9. The van der Waals surface area contributed by atoms with E-state index in [1.807, 2.05) is 67.6 Å². The normalized spacial score (nSPS) is 17.4. The predicted octanol–water partition coefficient (Wildman–Crippen LogP) is 7.84. The number of aromatic nitrogens is 2. The van der Waals surface area contributed by atoms with E-state index in [2.05, 4.69) is 17.2 Å². The van der Waals surface area contributed by atoms with E-state index in [-0.39, 0.29) is 23.1 Å². The van der Waals surface area contributed by atoms with Crippen molar-refractivity contribution in [2.45, 2.75) is 44.0 Å². The van der Waals surface area contributed by atoms with Gasteiger partial charge in [-0.2, -0.15) is 0 Å². The number of allylic oxidation sites excluding steroid dienone is 4. The predicted molar refractivity (Wildman–Crippen MR) is 160 cm³/mol. The Labute approximate surface area is 242 Å². The lowest BCUT2D eigenvalue weighted by Crippen LogP contribution is -2.29. The number of carbonyl (C=O) groups excluding carboxylic acids is 1. The second-order valence-corrected chi connectivity index (χ2v) is 10.9. The molecule has 5 rings (SSSR count). The number of hydrogen-bond acceptors (Lipinski definition) is 3. The van der Waals surface area contributed by atoms with Crippen LogP contribution >= 0.6 is 23.2 Å². The molecule has 4 aromatic rings. The number of carbonyl (C=O) groups is 2. The first-order valence-electron chi connectivity index (χ1n) is 13.2. The molecule has 3 aromatic carbocycles. The highest BCUT2D eigenvalue weighted by atomic mass is 35.5. The third-order valence-corrected chi connectivity index (χ3v) is 7.82. The van der Waals surface area contributed by atoms with Crippen molar-refractivity contribution < 1.29 is 14.7 Å². The van der Waals surface area contributed by atoms with Crippen LogP contribution in [0.25, 0.3) is 16.6 Å². The van der Waals surface area contributed by atoms with Gasteiger partial charge in [0.1, 0.15) is 5.82 Å². The lowest BCUT2D eigenvalue weighted by atomic mass is 9.81. The van der Waals surface area contributed by atoms with Gasteiger partial charge < -0.3 is 15.4 Å². The zero-order valence-corrected chi connectivity index (χ0v) is 23.6. The number of carboxylic acids is 1. The fourth-order valence-corrected chi connectivity index (χ4v) is 5.92. The number of halogens is 2. The molecular weight excluding hydrogens is 545 g/mol. The molecule has 1 unspecified atom stereocenters. The van der Waals surface area contributed by atoms with Crippen LogP contribution in [-0.2, 0) is 0 Å². The molecule has 1 amide bonds. The summed E-state index contributed by atoms with van der Waals surface area (Å²) in [6, 6.07) is 18.0. The number of fused-ring (bicyclic) bond motifs is 1. The first kappa shape index (κ1) is 27.7. The monoisotopic (exact) mass is 573 g/mol. The molecule has 6 nitrogen and oxygen atoms in total. The summed E-state index contributed by atoms with van der Waals surface area (Å²) in [7, 11) is 0. The molecule has 1 aromatic heterocycles. The van der Waals surface area contributed by atoms with E-state index in [9.17, 15) is 14.7 Å². The van der Waals surface area contributed by atoms with Crippen molar-refractivity contribution in [2.24, 2.45) is 0 Å². The fraction of sp³-hybridized carbons (Fsp3) is 0.219. The molecule has 40 heavy (non-hydrogen) atoms. The largest absolute Gasteiger partial charge is 0.478 e. The zero-order valence-electron chi connectivity index (χ0n) is 22.1. The number of rotatable bonds is 8. The molecule has 0 aliphatic heterocycles. The van der Waals surface area contributed by atoms with E-state index in [1.54, 1.807) is 12.1 Å². The van der Waals surface area contributed by atoms with Gasteiger partial charge in [0.15, 0.2) is 0 Å². The molecule has 3 atom stereocenters. The summed E-state index contributed by atoms with van der Waals surface area (Å²) in [5.74, 6) is -1.39. The summed E-state index contributed by atoms with van der Waals surface area (Å²) >= 11 is 13.1. The lowest BCUT2D eigenvalue weighted by molar-refractivity contribution is 0.0695. The molecule has 204 valence electrons. The number of carboxylic acid groups (broad SMARTS) is 1. The van der Waals surface area contributed by atoms with Crippen LogP contribution in [-0.4, -0.2) is 32.3 Å². The van der Waals surface area contributed by atoms with Crippen LogP contribution in [0.1, 0.15) is 75.0 Å². The van der Waals surface area contributed by atoms with Crippen LogP contribution < -0.4 is 5.32 Å². The maximum Gasteiger partial charge on any atom is 0.336 e. The number of aromatic amines is 1. The van der Waals surface area contributed by atoms with E-state index in [0.29, 0.717) is 16.4 Å². The average molecular weight is 575 g/mol. The van der Waals surface area contributed by atoms with E-state index < -0.39 is 17.3 Å². The molecule has 0 saturated carbocycles. The molecular formula is C32H29Cl2N3O3. The Morgan fingerprint density at radius 3 is 2.62 bits per heavy atom. The van der Waals surface area contributed by atoms with Crippen molar-refractivity contribution in [1.29, 1.82) is 0 Å². The van der Waals surface area contributed by atoms with Crippen molar-refractivity contribution in [1.82, 2.24) is 15.3 Å². The SMILES string of the molecule is CCC[C@@H](NC(=O)c1ccc(C2C(c3nc4c(C)cc(Cl)cc4[nH]3)=CC=C[C@@H]2Cl)c(C(=O)O)c1)c1ccccc1. The van der Waals surface area contributed by atoms with E-state index in [4.69, 9.17) is 28.2 Å². The van der Waals surface area contributed by atoms with E-state index in [1.165, 1.54) is 6.07 Å². The maximum absolute atomic E-state index is 13.3. The number of aryl methyl sites for hydroxylation is 1. The molecule has 1 aliphatic carbocycles. The number of benzene rings is 3. The van der Waals surface area contributed by atoms with Gasteiger partial charge in [-0.1, -0.05) is 79.6 Å². The van der Waals surface area contributed by atoms with Gasteiger partial charge in [0.05, 0.1) is 28.0 Å². The molecule has 0 fully saturated rings. The number of alkyl halides is 1. The molecule has 3 N–H and O–H groups in total. The number of hydrogen-bond donors (Lipinski definition) is 3. The summed E-state index contributed by atoms with van der Waals surface area (Å²) in [6.45, 7) is 3.99. The lowest BCUT2D eigenvalue weighted by Gasteiger charge is -2.27. The quantitative estimate of drug-likeness (QED) is 0.187. The third-order valence-electron chi connectivity index (χ3n) is 7.21. The summed E-state index contributed by atoms with van der Waals surface area (Å²) < 4.78 is 0. The molecule has 0 radical (unpaired) electrons. The third kappa shape index (κ3) is 5.55. The second kappa shape index (κ2) is 11.7. The fourth-order valence-electron chi connectivity index (χ4n) is 5.29. The van der Waals surface area contributed by atoms with Crippen molar-refractivity contribution in [3.8, 4) is 0 Å². The Morgan fingerprint density at radius 2 is 1.90 bits per heavy atom. The first-order chi connectivity index (χ1) is 19.3. The number of H-pyrrole nitrogens is 1. The number of nitrogens with one attached hydrogen (secondary N) is 2. The minimum atomic E-state index is -1.14. The van der Waals surface area contributed by atoms with Crippen LogP contribution in [0.2, 0.25) is 5.02 Å². The standard InChI is InChI=1S/C32H29Cl2N3O3/c1-3-8-26(19-9-5-4-6-10-19)36-31(38)20-13-14-22(24(16-20)32(39)40)28-23(11-7-12-25(28)34)30-35-27-17-21(33)15-18(2)29(27)37-30/h4-7,9-17,25-26,28H,3,8H2,1-2H3,(H,35,37)(H,36,38)(H,39,40)/t25-,26+,28?/m0/s1. The topological polar surface area (TPSA) is 95.1 Å². The van der Waals surface area contributed by atoms with Crippen LogP contribution in [0.3, 0.4) is 0 Å². The highest BCUT2D eigenvalue weighted by Crippen LogP contribution is 2.42. The van der Waals surface area contributed by atoms with Crippen molar-refractivity contribution in [3.63, 3.8) is 0 Å². The van der Waals surface area contributed by atoms with Gasteiger partial charge in [-0.15, -0.1) is 11.6 Å². The molecule has 0 bridgehead atoms. The van der Waals surface area contributed by atoms with Gasteiger partial charge in [-0.3, -0.25) is 4.79 Å². The van der Waals surface area contributed by atoms with E-state index in [0.717, 1.165) is 40.6 Å². The van der Waals surface area contributed by atoms with E-state index >= 15 is 0 Å². The van der Waals surface area contributed by atoms with Gasteiger partial charge in [0.2, 0.25) is 0 Å². The Balaban J connectivity index is 1.51. The summed E-state index contributed by atoms with van der Waals surface area (Å²) in [5, 5.41) is 13.4. The molecule has 1 heterocycles. The minimum Gasteiger partial charge on any atom is -0.478 e. The van der Waals surface area contributed by atoms with Crippen molar-refractivity contribution in [3.05, 3.63) is 118 Å². The number of amides is 1. The smallest absolute Gasteiger partial charge is 0.336 e. The first-order valence-corrected chi connectivity index (χ1v) is 14.0. The van der Waals surface area contributed by atoms with Gasteiger partial charge in [-0.25, -0.2) is 9.78 Å².